The average Bonchev–Trinajstić information content (AvgIpc) is 3.30. The molecule has 0 bridgehead atoms. The number of nitrogen functional groups attached to an aromatic ring is 1. The molecule has 4 aromatic rings. The summed E-state index contributed by atoms with van der Waals surface area (Å²) >= 11 is 0. The fourth-order valence-corrected chi connectivity index (χ4v) is 4.69. The molecule has 0 unspecified atom stereocenters. The number of hydrogen-bond acceptors (Lipinski definition) is 6. The van der Waals surface area contributed by atoms with Gasteiger partial charge in [-0.2, -0.15) is 0 Å². The SMILES string of the molecule is Nc1nnc(-c2ccc(C3(c4ccc(OCc5ccccn5)cc4)CCCCC3)cc2)o1. The van der Waals surface area contributed by atoms with E-state index in [4.69, 9.17) is 14.9 Å². The lowest BCUT2D eigenvalue weighted by atomic mass is 9.65. The van der Waals surface area contributed by atoms with Gasteiger partial charge in [-0.25, -0.2) is 0 Å². The number of ether oxygens (including phenoxy) is 1. The lowest BCUT2D eigenvalue weighted by Crippen LogP contribution is -2.30. The molecule has 32 heavy (non-hydrogen) atoms. The third kappa shape index (κ3) is 4.08. The highest BCUT2D eigenvalue weighted by Crippen LogP contribution is 2.45. The van der Waals surface area contributed by atoms with Gasteiger partial charge in [-0.1, -0.05) is 54.7 Å². The van der Waals surface area contributed by atoms with E-state index in [0.717, 1.165) is 29.8 Å². The van der Waals surface area contributed by atoms with Crippen LogP contribution in [0.4, 0.5) is 6.01 Å². The Labute approximate surface area is 187 Å². The first-order valence-corrected chi connectivity index (χ1v) is 11.1. The Morgan fingerprint density at radius 3 is 2.19 bits per heavy atom. The Hall–Kier alpha value is -3.67. The highest BCUT2D eigenvalue weighted by Gasteiger charge is 2.35. The summed E-state index contributed by atoms with van der Waals surface area (Å²) in [4.78, 5) is 4.32. The molecule has 2 aromatic heterocycles. The smallest absolute Gasteiger partial charge is 0.313 e. The van der Waals surface area contributed by atoms with Gasteiger partial charge in [-0.05, 0) is 60.4 Å². The van der Waals surface area contributed by atoms with E-state index in [0.29, 0.717) is 12.5 Å². The monoisotopic (exact) mass is 426 g/mol. The summed E-state index contributed by atoms with van der Waals surface area (Å²) in [5.41, 5.74) is 10.0. The Balaban J connectivity index is 1.39. The second-order valence-electron chi connectivity index (χ2n) is 8.30. The quantitative estimate of drug-likeness (QED) is 0.435. The first-order valence-electron chi connectivity index (χ1n) is 11.1. The fraction of sp³-hybridized carbons (Fsp3) is 0.269. The van der Waals surface area contributed by atoms with Crippen LogP contribution in [0.3, 0.4) is 0 Å². The van der Waals surface area contributed by atoms with Crippen molar-refractivity contribution in [3.05, 3.63) is 89.7 Å². The number of nitrogens with zero attached hydrogens (tertiary/aromatic N) is 3. The summed E-state index contributed by atoms with van der Waals surface area (Å²) in [6.07, 6.45) is 7.78. The molecule has 0 amide bonds. The predicted octanol–water partition coefficient (Wildman–Crippen LogP) is 5.54. The maximum atomic E-state index is 5.94. The van der Waals surface area contributed by atoms with Gasteiger partial charge >= 0.3 is 6.01 Å². The van der Waals surface area contributed by atoms with Crippen molar-refractivity contribution in [2.24, 2.45) is 0 Å². The Morgan fingerprint density at radius 2 is 1.56 bits per heavy atom. The van der Waals surface area contributed by atoms with Crippen molar-refractivity contribution in [1.29, 1.82) is 0 Å². The van der Waals surface area contributed by atoms with Gasteiger partial charge < -0.3 is 14.9 Å². The van der Waals surface area contributed by atoms with E-state index in [9.17, 15) is 0 Å². The maximum absolute atomic E-state index is 5.94. The number of hydrogen-bond donors (Lipinski definition) is 1. The molecule has 1 fully saturated rings. The highest BCUT2D eigenvalue weighted by molar-refractivity contribution is 5.55. The van der Waals surface area contributed by atoms with E-state index in [1.807, 2.05) is 30.3 Å². The highest BCUT2D eigenvalue weighted by atomic mass is 16.5. The molecule has 162 valence electrons. The molecule has 2 aromatic carbocycles. The number of anilines is 1. The Morgan fingerprint density at radius 1 is 0.844 bits per heavy atom. The van der Waals surface area contributed by atoms with Crippen LogP contribution in [-0.4, -0.2) is 15.2 Å². The number of nitrogens with two attached hydrogens (primary N) is 1. The van der Waals surface area contributed by atoms with Crippen molar-refractivity contribution in [3.63, 3.8) is 0 Å². The Kier molecular flexibility index (Phi) is 5.58. The zero-order chi connectivity index (χ0) is 21.8. The van der Waals surface area contributed by atoms with Gasteiger partial charge in [0.1, 0.15) is 12.4 Å². The number of benzene rings is 2. The predicted molar refractivity (Wildman–Crippen MR) is 123 cm³/mol. The molecule has 0 spiro atoms. The second-order valence-corrected chi connectivity index (χ2v) is 8.30. The number of pyridine rings is 1. The maximum Gasteiger partial charge on any atom is 0.313 e. The normalized spacial score (nSPS) is 15.4. The third-order valence-corrected chi connectivity index (χ3v) is 6.35. The molecule has 5 rings (SSSR count). The van der Waals surface area contributed by atoms with Gasteiger partial charge in [0, 0.05) is 17.2 Å². The minimum atomic E-state index is 0.00413. The van der Waals surface area contributed by atoms with E-state index >= 15 is 0 Å². The minimum Gasteiger partial charge on any atom is -0.487 e. The van der Waals surface area contributed by atoms with Gasteiger partial charge in [0.2, 0.25) is 5.89 Å². The summed E-state index contributed by atoms with van der Waals surface area (Å²) < 4.78 is 11.3. The van der Waals surface area contributed by atoms with Gasteiger partial charge in [0.05, 0.1) is 5.69 Å². The van der Waals surface area contributed by atoms with Crippen LogP contribution in [0.25, 0.3) is 11.5 Å². The first kappa shape index (κ1) is 20.2. The van der Waals surface area contributed by atoms with Crippen LogP contribution in [0.15, 0.2) is 77.3 Å². The van der Waals surface area contributed by atoms with Crippen molar-refractivity contribution < 1.29 is 9.15 Å². The lowest BCUT2D eigenvalue weighted by molar-refractivity contribution is 0.300. The first-order chi connectivity index (χ1) is 15.7. The number of rotatable bonds is 6. The van der Waals surface area contributed by atoms with Crippen molar-refractivity contribution in [3.8, 4) is 17.2 Å². The van der Waals surface area contributed by atoms with Crippen LogP contribution in [-0.2, 0) is 12.0 Å². The summed E-state index contributed by atoms with van der Waals surface area (Å²) in [5, 5.41) is 7.75. The van der Waals surface area contributed by atoms with Gasteiger partial charge in [-0.3, -0.25) is 4.98 Å². The van der Waals surface area contributed by atoms with Gasteiger partial charge in [0.25, 0.3) is 0 Å². The lowest BCUT2D eigenvalue weighted by Gasteiger charge is -2.38. The molecule has 6 nitrogen and oxygen atoms in total. The number of aromatic nitrogens is 3. The molecule has 2 heterocycles. The molecule has 0 saturated heterocycles. The summed E-state index contributed by atoms with van der Waals surface area (Å²) in [5.74, 6) is 1.30. The topological polar surface area (TPSA) is 87.1 Å². The van der Waals surface area contributed by atoms with Crippen molar-refractivity contribution in [2.75, 3.05) is 5.73 Å². The molecule has 0 aliphatic heterocycles. The molecular formula is C26H26N4O2. The van der Waals surface area contributed by atoms with E-state index in [-0.39, 0.29) is 11.4 Å². The van der Waals surface area contributed by atoms with E-state index in [1.165, 1.54) is 30.4 Å². The third-order valence-electron chi connectivity index (χ3n) is 6.35. The largest absolute Gasteiger partial charge is 0.487 e. The minimum absolute atomic E-state index is 0.00413. The summed E-state index contributed by atoms with van der Waals surface area (Å²) in [7, 11) is 0. The molecule has 1 aliphatic rings. The van der Waals surface area contributed by atoms with E-state index in [1.54, 1.807) is 6.20 Å². The standard InChI is InChI=1S/C26H26N4O2/c27-25-30-29-24(32-25)19-7-9-20(10-8-19)26(15-3-1-4-16-26)21-11-13-23(14-12-21)31-18-22-6-2-5-17-28-22/h2,5-14,17H,1,3-4,15-16,18H2,(H2,27,30). The molecule has 0 radical (unpaired) electrons. The van der Waals surface area contributed by atoms with Crippen LogP contribution >= 0.6 is 0 Å². The van der Waals surface area contributed by atoms with E-state index in [2.05, 4.69) is 51.6 Å². The van der Waals surface area contributed by atoms with E-state index < -0.39 is 0 Å². The molecule has 2 N–H and O–H groups in total. The molecule has 0 atom stereocenters. The molecule has 1 saturated carbocycles. The van der Waals surface area contributed by atoms with Crippen LogP contribution < -0.4 is 10.5 Å². The van der Waals surface area contributed by atoms with Gasteiger partial charge in [-0.15, -0.1) is 5.10 Å². The van der Waals surface area contributed by atoms with Gasteiger partial charge in [0.15, 0.2) is 0 Å². The fourth-order valence-electron chi connectivity index (χ4n) is 4.69. The van der Waals surface area contributed by atoms with Crippen LogP contribution in [0.2, 0.25) is 0 Å². The average molecular weight is 427 g/mol. The van der Waals surface area contributed by atoms with Crippen molar-refractivity contribution in [2.45, 2.75) is 44.1 Å². The molecule has 1 aliphatic carbocycles. The van der Waals surface area contributed by atoms with Crippen molar-refractivity contribution >= 4 is 6.01 Å². The zero-order valence-corrected chi connectivity index (χ0v) is 17.9. The Bertz CT molecular complexity index is 1150. The molecular weight excluding hydrogens is 400 g/mol. The second kappa shape index (κ2) is 8.83. The van der Waals surface area contributed by atoms with Crippen LogP contribution in [0, 0.1) is 0 Å². The van der Waals surface area contributed by atoms with Crippen molar-refractivity contribution in [1.82, 2.24) is 15.2 Å². The summed E-state index contributed by atoms with van der Waals surface area (Å²) in [6, 6.07) is 23.0. The summed E-state index contributed by atoms with van der Waals surface area (Å²) in [6.45, 7) is 0.465. The van der Waals surface area contributed by atoms with Crippen LogP contribution in [0.1, 0.15) is 48.9 Å². The van der Waals surface area contributed by atoms with Crippen LogP contribution in [0.5, 0.6) is 5.75 Å². The zero-order valence-electron chi connectivity index (χ0n) is 17.9. The molecule has 6 heteroatoms.